The number of ether oxygens (including phenoxy) is 2. The lowest BCUT2D eigenvalue weighted by molar-refractivity contribution is -0.126. The van der Waals surface area contributed by atoms with Gasteiger partial charge in [-0.25, -0.2) is 9.96 Å². The highest BCUT2D eigenvalue weighted by molar-refractivity contribution is 6.24. The summed E-state index contributed by atoms with van der Waals surface area (Å²) in [5.74, 6) is -0.0571. The number of hydroxylamine groups is 1. The summed E-state index contributed by atoms with van der Waals surface area (Å²) in [5.41, 5.74) is 4.13. The molecule has 7 heteroatoms. The Hall–Kier alpha value is -3.84. The molecule has 3 unspecified atom stereocenters. The number of imide groups is 1. The predicted molar refractivity (Wildman–Crippen MR) is 146 cm³/mol. The largest absolute Gasteiger partial charge is 0.490 e. The number of nitrogens with zero attached hydrogens (tertiary/aromatic N) is 2. The van der Waals surface area contributed by atoms with Crippen LogP contribution in [0.2, 0.25) is 0 Å². The van der Waals surface area contributed by atoms with E-state index in [1.807, 2.05) is 87.5 Å². The van der Waals surface area contributed by atoms with Gasteiger partial charge in [-0.3, -0.25) is 14.4 Å². The van der Waals surface area contributed by atoms with E-state index >= 15 is 0 Å². The van der Waals surface area contributed by atoms with Gasteiger partial charge in [0.15, 0.2) is 17.6 Å². The Morgan fingerprint density at radius 3 is 2.37 bits per heavy atom. The Kier molecular flexibility index (Phi) is 7.38. The van der Waals surface area contributed by atoms with Crippen LogP contribution in [0.5, 0.6) is 11.5 Å². The second-order valence-electron chi connectivity index (χ2n) is 9.80. The summed E-state index contributed by atoms with van der Waals surface area (Å²) >= 11 is 0. The van der Waals surface area contributed by atoms with Gasteiger partial charge in [-0.1, -0.05) is 55.3 Å². The van der Waals surface area contributed by atoms with E-state index < -0.39 is 18.1 Å². The van der Waals surface area contributed by atoms with Crippen LogP contribution >= 0.6 is 0 Å². The maximum atomic E-state index is 14.0. The van der Waals surface area contributed by atoms with E-state index in [1.165, 1.54) is 4.90 Å². The lowest BCUT2D eigenvalue weighted by atomic mass is 9.90. The Bertz CT molecular complexity index is 1330. The van der Waals surface area contributed by atoms with E-state index in [9.17, 15) is 9.59 Å². The summed E-state index contributed by atoms with van der Waals surface area (Å²) in [6.07, 6.45) is 1.05. The molecule has 38 heavy (non-hydrogen) atoms. The van der Waals surface area contributed by atoms with Crippen LogP contribution in [0.3, 0.4) is 0 Å². The summed E-state index contributed by atoms with van der Waals surface area (Å²) in [7, 11) is 0. The molecule has 2 saturated heterocycles. The minimum absolute atomic E-state index is 0.267. The van der Waals surface area contributed by atoms with Crippen LogP contribution < -0.4 is 19.4 Å². The smallest absolute Gasteiger partial charge is 0.266 e. The quantitative estimate of drug-likeness (QED) is 0.260. The van der Waals surface area contributed by atoms with Gasteiger partial charge in [0, 0.05) is 0 Å². The van der Waals surface area contributed by atoms with Gasteiger partial charge in [0.05, 0.1) is 30.6 Å². The van der Waals surface area contributed by atoms with Crippen LogP contribution in [0.15, 0.2) is 66.7 Å². The Morgan fingerprint density at radius 1 is 0.868 bits per heavy atom. The second-order valence-corrected chi connectivity index (χ2v) is 9.80. The fraction of sp³-hybridized carbons (Fsp3) is 0.355. The van der Waals surface area contributed by atoms with Gasteiger partial charge >= 0.3 is 0 Å². The van der Waals surface area contributed by atoms with E-state index in [4.69, 9.17) is 14.3 Å². The summed E-state index contributed by atoms with van der Waals surface area (Å²) < 4.78 is 11.9. The minimum Gasteiger partial charge on any atom is -0.490 e. The lowest BCUT2D eigenvalue weighted by Crippen LogP contribution is -2.37. The zero-order valence-electron chi connectivity index (χ0n) is 22.3. The van der Waals surface area contributed by atoms with Gasteiger partial charge < -0.3 is 9.47 Å². The molecule has 2 amide bonds. The first-order chi connectivity index (χ1) is 18.4. The number of unbranched alkanes of at least 4 members (excludes halogenated alkanes) is 1. The van der Waals surface area contributed by atoms with Crippen molar-refractivity contribution in [1.29, 1.82) is 0 Å². The predicted octanol–water partition coefficient (Wildman–Crippen LogP) is 5.93. The zero-order chi connectivity index (χ0) is 26.8. The van der Waals surface area contributed by atoms with E-state index in [0.29, 0.717) is 30.4 Å². The number of fused-ring (bicyclic) bond motifs is 1. The van der Waals surface area contributed by atoms with Crippen LogP contribution in [0.4, 0.5) is 11.4 Å². The van der Waals surface area contributed by atoms with E-state index in [0.717, 1.165) is 35.2 Å². The van der Waals surface area contributed by atoms with Gasteiger partial charge in [0.25, 0.3) is 5.91 Å². The van der Waals surface area contributed by atoms with Crippen molar-refractivity contribution in [3.63, 3.8) is 0 Å². The van der Waals surface area contributed by atoms with Crippen LogP contribution in [-0.2, 0) is 14.4 Å². The number of anilines is 2. The third-order valence-electron chi connectivity index (χ3n) is 7.08. The number of hydrogen-bond donors (Lipinski definition) is 0. The highest BCUT2D eigenvalue weighted by Gasteiger charge is 2.60. The highest BCUT2D eigenvalue weighted by Crippen LogP contribution is 2.49. The molecule has 0 aromatic heterocycles. The Labute approximate surface area is 223 Å². The van der Waals surface area contributed by atoms with Crippen LogP contribution in [-0.4, -0.2) is 31.1 Å². The Morgan fingerprint density at radius 2 is 1.66 bits per heavy atom. The van der Waals surface area contributed by atoms with Gasteiger partial charge in [-0.2, -0.15) is 0 Å². The molecule has 3 aromatic rings. The molecule has 2 heterocycles. The van der Waals surface area contributed by atoms with Crippen molar-refractivity contribution in [3.8, 4) is 11.5 Å². The summed E-state index contributed by atoms with van der Waals surface area (Å²) in [6.45, 7) is 9.02. The number of hydrogen-bond acceptors (Lipinski definition) is 6. The monoisotopic (exact) mass is 514 g/mol. The second kappa shape index (κ2) is 10.9. The van der Waals surface area contributed by atoms with Crippen LogP contribution in [0, 0.1) is 19.8 Å². The van der Waals surface area contributed by atoms with Gasteiger partial charge in [-0.05, 0) is 68.7 Å². The molecule has 0 saturated carbocycles. The van der Waals surface area contributed by atoms with Crippen molar-refractivity contribution < 1.29 is 23.9 Å². The highest BCUT2D eigenvalue weighted by atomic mass is 16.7. The molecule has 0 spiro atoms. The molecule has 3 aromatic carbocycles. The first-order valence-corrected chi connectivity index (χ1v) is 13.3. The maximum Gasteiger partial charge on any atom is 0.266 e. The average molecular weight is 515 g/mol. The first-order valence-electron chi connectivity index (χ1n) is 13.3. The number of para-hydroxylation sites is 1. The van der Waals surface area contributed by atoms with Crippen molar-refractivity contribution in [3.05, 3.63) is 83.4 Å². The fourth-order valence-corrected chi connectivity index (χ4v) is 5.27. The number of rotatable bonds is 9. The molecule has 0 bridgehead atoms. The number of carbonyl (C=O) groups excluding carboxylic acids is 2. The normalized spacial score (nSPS) is 20.7. The number of benzene rings is 3. The number of aryl methyl sites for hydroxylation is 2. The van der Waals surface area contributed by atoms with Crippen molar-refractivity contribution in [2.75, 3.05) is 23.2 Å². The van der Waals surface area contributed by atoms with Gasteiger partial charge in [0.1, 0.15) is 5.92 Å². The zero-order valence-corrected chi connectivity index (χ0v) is 22.3. The van der Waals surface area contributed by atoms with Gasteiger partial charge in [-0.15, -0.1) is 0 Å². The summed E-state index contributed by atoms with van der Waals surface area (Å²) in [5, 5.41) is 1.70. The van der Waals surface area contributed by atoms with Crippen molar-refractivity contribution in [2.45, 2.75) is 52.7 Å². The molecule has 2 aliphatic rings. The summed E-state index contributed by atoms with van der Waals surface area (Å²) in [4.78, 5) is 35.2. The molecule has 198 valence electrons. The summed E-state index contributed by atoms with van der Waals surface area (Å²) in [6, 6.07) is 20.5. The molecule has 0 N–H and O–H groups in total. The number of amides is 2. The third kappa shape index (κ3) is 4.63. The molecule has 3 atom stereocenters. The fourth-order valence-electron chi connectivity index (χ4n) is 5.27. The molecule has 5 rings (SSSR count). The van der Waals surface area contributed by atoms with Crippen molar-refractivity contribution >= 4 is 23.2 Å². The van der Waals surface area contributed by atoms with E-state index in [1.54, 1.807) is 5.06 Å². The molecule has 2 aliphatic heterocycles. The van der Waals surface area contributed by atoms with Crippen LogP contribution in [0.1, 0.15) is 49.4 Å². The van der Waals surface area contributed by atoms with Crippen LogP contribution in [0.25, 0.3) is 0 Å². The standard InChI is InChI=1S/C31H34N2O5/c1-5-7-17-37-25-16-14-22(19-26(25)36-6-2)28-27-29(38-33(28)23-11-9-8-10-12-23)31(35)32(30(27)34)24-15-13-20(3)18-21(24)4/h8-16,18-19,27-29H,5-7,17H2,1-4H3. The van der Waals surface area contributed by atoms with Gasteiger partial charge in [0.2, 0.25) is 5.91 Å². The topological polar surface area (TPSA) is 68.3 Å². The van der Waals surface area contributed by atoms with E-state index in [2.05, 4.69) is 6.92 Å². The Balaban J connectivity index is 1.56. The average Bonchev–Trinajstić information content (AvgIpc) is 3.42. The molecule has 0 aliphatic carbocycles. The SMILES string of the molecule is CCCCOc1ccc(C2C3C(=O)N(c4ccc(C)cc4C)C(=O)C3ON2c2ccccc2)cc1OCC. The molecule has 0 radical (unpaired) electrons. The van der Waals surface area contributed by atoms with Crippen molar-refractivity contribution in [1.82, 2.24) is 0 Å². The third-order valence-corrected chi connectivity index (χ3v) is 7.08. The maximum absolute atomic E-state index is 14.0. The molecule has 7 nitrogen and oxygen atoms in total. The lowest BCUT2D eigenvalue weighted by Gasteiger charge is -2.29. The molecular formula is C31H34N2O5. The molecule has 2 fully saturated rings. The minimum atomic E-state index is -0.926. The molecular weight excluding hydrogens is 480 g/mol. The van der Waals surface area contributed by atoms with E-state index in [-0.39, 0.29) is 11.8 Å². The van der Waals surface area contributed by atoms with Crippen molar-refractivity contribution in [2.24, 2.45) is 5.92 Å². The number of carbonyl (C=O) groups is 2. The first kappa shape index (κ1) is 25.8.